The summed E-state index contributed by atoms with van der Waals surface area (Å²) in [5.41, 5.74) is 3.58. The van der Waals surface area contributed by atoms with Crippen LogP contribution in [0.2, 0.25) is 0 Å². The second-order valence-electron chi connectivity index (χ2n) is 8.90. The first-order chi connectivity index (χ1) is 16.5. The number of amides is 2. The number of carboxylic acid groups (broad SMARTS) is 1. The van der Waals surface area contributed by atoms with Gasteiger partial charge in [-0.2, -0.15) is 5.10 Å². The third-order valence-corrected chi connectivity index (χ3v) is 6.59. The van der Waals surface area contributed by atoms with Gasteiger partial charge in [-0.15, -0.1) is 0 Å². The summed E-state index contributed by atoms with van der Waals surface area (Å²) in [5.74, 6) is -0.107. The van der Waals surface area contributed by atoms with Gasteiger partial charge < -0.3 is 15.3 Å². The Labute approximate surface area is 198 Å². The zero-order valence-electron chi connectivity index (χ0n) is 19.1. The molecule has 0 spiro atoms. The first kappa shape index (κ1) is 22.1. The Hall–Kier alpha value is -3.72. The van der Waals surface area contributed by atoms with Gasteiger partial charge in [-0.1, -0.05) is 12.1 Å². The van der Waals surface area contributed by atoms with Crippen LogP contribution in [0.5, 0.6) is 0 Å². The molecule has 4 heterocycles. The molecular formula is C25H28N6O3. The summed E-state index contributed by atoms with van der Waals surface area (Å²) >= 11 is 0. The average molecular weight is 461 g/mol. The minimum Gasteiger partial charge on any atom is -0.465 e. The molecule has 9 nitrogen and oxygen atoms in total. The number of pyridine rings is 1. The van der Waals surface area contributed by atoms with E-state index in [-0.39, 0.29) is 24.9 Å². The van der Waals surface area contributed by atoms with Crippen molar-refractivity contribution < 1.29 is 14.7 Å². The van der Waals surface area contributed by atoms with Crippen LogP contribution in [0.3, 0.4) is 0 Å². The molecule has 0 unspecified atom stereocenters. The molecule has 1 saturated heterocycles. The molecular weight excluding hydrogens is 432 g/mol. The van der Waals surface area contributed by atoms with Gasteiger partial charge in [-0.3, -0.25) is 19.4 Å². The minimum atomic E-state index is -1.03. The van der Waals surface area contributed by atoms with Crippen LogP contribution in [-0.2, 0) is 11.2 Å². The van der Waals surface area contributed by atoms with E-state index < -0.39 is 6.09 Å². The average Bonchev–Trinajstić information content (AvgIpc) is 3.35. The summed E-state index contributed by atoms with van der Waals surface area (Å²) in [6.07, 6.45) is 6.70. The Bertz CT molecular complexity index is 1190. The lowest BCUT2D eigenvalue weighted by atomic mass is 10.0. The van der Waals surface area contributed by atoms with Crippen molar-refractivity contribution >= 4 is 23.4 Å². The second-order valence-corrected chi connectivity index (χ2v) is 8.90. The number of anilines is 2. The molecule has 1 fully saturated rings. The molecule has 0 radical (unpaired) electrons. The van der Waals surface area contributed by atoms with Gasteiger partial charge >= 0.3 is 6.09 Å². The van der Waals surface area contributed by atoms with Crippen molar-refractivity contribution in [2.24, 2.45) is 0 Å². The van der Waals surface area contributed by atoms with Crippen molar-refractivity contribution in [2.75, 3.05) is 29.4 Å². The van der Waals surface area contributed by atoms with Gasteiger partial charge in [-0.25, -0.2) is 4.79 Å². The number of carbonyl (C=O) groups excluding carboxylic acids is 1. The van der Waals surface area contributed by atoms with E-state index in [1.165, 1.54) is 4.90 Å². The van der Waals surface area contributed by atoms with E-state index in [0.717, 1.165) is 37.1 Å². The van der Waals surface area contributed by atoms with Gasteiger partial charge in [0.15, 0.2) is 0 Å². The lowest BCUT2D eigenvalue weighted by Gasteiger charge is -2.40. The van der Waals surface area contributed by atoms with Crippen molar-refractivity contribution in [1.29, 1.82) is 0 Å². The van der Waals surface area contributed by atoms with Crippen molar-refractivity contribution in [3.05, 3.63) is 60.7 Å². The van der Waals surface area contributed by atoms with Gasteiger partial charge in [0.1, 0.15) is 0 Å². The van der Waals surface area contributed by atoms with Crippen LogP contribution in [0.15, 0.2) is 55.0 Å². The molecule has 2 N–H and O–H groups in total. The third kappa shape index (κ3) is 4.26. The number of aromatic nitrogens is 3. The molecule has 0 aliphatic carbocycles. The van der Waals surface area contributed by atoms with Crippen LogP contribution in [0.25, 0.3) is 11.1 Å². The number of fused-ring (bicyclic) bond motifs is 1. The van der Waals surface area contributed by atoms with E-state index in [2.05, 4.69) is 15.4 Å². The molecule has 9 heteroatoms. The molecule has 5 rings (SSSR count). The van der Waals surface area contributed by atoms with E-state index in [0.29, 0.717) is 23.1 Å². The summed E-state index contributed by atoms with van der Waals surface area (Å²) in [5, 5.41) is 17.8. The van der Waals surface area contributed by atoms with E-state index in [4.69, 9.17) is 0 Å². The number of hydrogen-bond donors (Lipinski definition) is 2. The van der Waals surface area contributed by atoms with E-state index >= 15 is 0 Å². The number of benzene rings is 1. The first-order valence-electron chi connectivity index (χ1n) is 11.6. The quantitative estimate of drug-likeness (QED) is 0.619. The molecule has 2 aliphatic rings. The zero-order valence-corrected chi connectivity index (χ0v) is 19.1. The fraction of sp³-hybridized carbons (Fsp3) is 0.360. The van der Waals surface area contributed by atoms with Crippen LogP contribution < -0.4 is 15.1 Å². The predicted octanol–water partition coefficient (Wildman–Crippen LogP) is 3.33. The molecule has 0 saturated carbocycles. The van der Waals surface area contributed by atoms with Gasteiger partial charge in [-0.05, 0) is 62.7 Å². The fourth-order valence-corrected chi connectivity index (χ4v) is 4.87. The lowest BCUT2D eigenvalue weighted by Crippen LogP contribution is -2.52. The van der Waals surface area contributed by atoms with Crippen LogP contribution >= 0.6 is 0 Å². The highest BCUT2D eigenvalue weighted by atomic mass is 16.4. The van der Waals surface area contributed by atoms with Gasteiger partial charge in [0.05, 0.1) is 36.1 Å². The maximum absolute atomic E-state index is 13.3. The molecule has 1 aromatic carbocycles. The van der Waals surface area contributed by atoms with Crippen molar-refractivity contribution in [3.63, 3.8) is 0 Å². The summed E-state index contributed by atoms with van der Waals surface area (Å²) < 4.78 is 2.01. The largest absolute Gasteiger partial charge is 0.465 e. The summed E-state index contributed by atoms with van der Waals surface area (Å²) in [6.45, 7) is 4.03. The van der Waals surface area contributed by atoms with Crippen LogP contribution in [-0.4, -0.2) is 57.5 Å². The summed E-state index contributed by atoms with van der Waals surface area (Å²) in [7, 11) is 0. The topological polar surface area (TPSA) is 104 Å². The monoisotopic (exact) mass is 460 g/mol. The molecule has 0 bridgehead atoms. The molecule has 2 aromatic heterocycles. The molecule has 2 aliphatic heterocycles. The first-order valence-corrected chi connectivity index (χ1v) is 11.6. The van der Waals surface area contributed by atoms with Gasteiger partial charge in [0.2, 0.25) is 5.91 Å². The molecule has 3 aromatic rings. The number of hydrogen-bond acceptors (Lipinski definition) is 5. The maximum Gasteiger partial charge on any atom is 0.411 e. The molecule has 2 amide bonds. The van der Waals surface area contributed by atoms with Gasteiger partial charge in [0.25, 0.3) is 0 Å². The van der Waals surface area contributed by atoms with Crippen LogP contribution in [0.1, 0.15) is 31.5 Å². The Morgan fingerprint density at radius 1 is 1.12 bits per heavy atom. The number of carbonyl (C=O) groups is 2. The number of piperidine rings is 1. The van der Waals surface area contributed by atoms with Crippen molar-refractivity contribution in [2.45, 2.75) is 38.3 Å². The maximum atomic E-state index is 13.3. The zero-order chi connectivity index (χ0) is 23.7. The van der Waals surface area contributed by atoms with E-state index in [1.54, 1.807) is 11.1 Å². The lowest BCUT2D eigenvalue weighted by molar-refractivity contribution is -0.118. The fourth-order valence-electron chi connectivity index (χ4n) is 4.87. The Balaban J connectivity index is 1.47. The highest BCUT2D eigenvalue weighted by Gasteiger charge is 2.35. The highest BCUT2D eigenvalue weighted by Crippen LogP contribution is 2.39. The number of rotatable bonds is 4. The number of nitrogens with one attached hydrogen (secondary N) is 1. The van der Waals surface area contributed by atoms with Crippen molar-refractivity contribution in [3.8, 4) is 11.1 Å². The van der Waals surface area contributed by atoms with Gasteiger partial charge in [0, 0.05) is 30.2 Å². The molecule has 1 atom stereocenters. The van der Waals surface area contributed by atoms with E-state index in [9.17, 15) is 14.7 Å². The molecule has 34 heavy (non-hydrogen) atoms. The Morgan fingerprint density at radius 2 is 1.94 bits per heavy atom. The minimum absolute atomic E-state index is 0.107. The normalized spacial score (nSPS) is 18.6. The van der Waals surface area contributed by atoms with E-state index in [1.807, 2.05) is 60.4 Å². The van der Waals surface area contributed by atoms with Crippen LogP contribution in [0, 0.1) is 0 Å². The summed E-state index contributed by atoms with van der Waals surface area (Å²) in [6, 6.07) is 11.2. The SMILES string of the molecule is C[C@H]1CN(C(=O)O)c2cc(-c3cnn(C4CCNCC4)c3)ccc2N1C(=O)Cc1ccccn1. The number of nitrogens with zero attached hydrogens (tertiary/aromatic N) is 5. The smallest absolute Gasteiger partial charge is 0.411 e. The standard InChI is InChI=1S/C25H28N6O3/c1-17-15-29(25(33)34)23-12-18(19-14-28-30(16-19)21-7-10-26-11-8-21)5-6-22(23)31(17)24(32)13-20-4-2-3-9-27-20/h2-6,9,12,14,16-17,21,26H,7-8,10-11,13,15H2,1H3,(H,33,34)/t17-/m0/s1. The third-order valence-electron chi connectivity index (χ3n) is 6.59. The second kappa shape index (κ2) is 9.26. The van der Waals surface area contributed by atoms with Crippen LogP contribution in [0.4, 0.5) is 16.2 Å². The summed E-state index contributed by atoms with van der Waals surface area (Å²) in [4.78, 5) is 32.6. The van der Waals surface area contributed by atoms with Crippen molar-refractivity contribution in [1.82, 2.24) is 20.1 Å². The highest BCUT2D eigenvalue weighted by molar-refractivity contribution is 6.04. The Morgan fingerprint density at radius 3 is 2.68 bits per heavy atom. The molecule has 176 valence electrons. The Kier molecular flexibility index (Phi) is 6.02. The predicted molar refractivity (Wildman–Crippen MR) is 129 cm³/mol.